The predicted octanol–water partition coefficient (Wildman–Crippen LogP) is 3.14. The van der Waals surface area contributed by atoms with Crippen molar-refractivity contribution in [3.63, 3.8) is 0 Å². The lowest BCUT2D eigenvalue weighted by Crippen LogP contribution is -1.96. The Balaban J connectivity index is 2.58. The van der Waals surface area contributed by atoms with Crippen LogP contribution in [0.2, 0.25) is 0 Å². The van der Waals surface area contributed by atoms with Crippen molar-refractivity contribution in [1.82, 2.24) is 0 Å². The molecule has 0 aliphatic rings. The second-order valence-electron chi connectivity index (χ2n) is 3.85. The Labute approximate surface area is 120 Å². The molecule has 1 N–H and O–H groups in total. The number of hydrogen-bond acceptors (Lipinski definition) is 5. The fourth-order valence-electron chi connectivity index (χ4n) is 1.89. The molecule has 0 unspecified atom stereocenters. The van der Waals surface area contributed by atoms with Crippen molar-refractivity contribution < 1.29 is 24.1 Å². The van der Waals surface area contributed by atoms with Gasteiger partial charge in [-0.15, -0.1) is 11.3 Å². The molecule has 1 aromatic carbocycles. The zero-order valence-electron chi connectivity index (χ0n) is 11.3. The van der Waals surface area contributed by atoms with Crippen LogP contribution in [0.25, 0.3) is 10.4 Å². The molecule has 5 nitrogen and oxygen atoms in total. The number of benzene rings is 1. The molecule has 0 spiro atoms. The third-order valence-electron chi connectivity index (χ3n) is 2.79. The summed E-state index contributed by atoms with van der Waals surface area (Å²) in [6, 6.07) is 6.89. The van der Waals surface area contributed by atoms with Crippen LogP contribution in [0.4, 0.5) is 0 Å². The van der Waals surface area contributed by atoms with Gasteiger partial charge in [0.1, 0.15) is 4.88 Å². The summed E-state index contributed by atoms with van der Waals surface area (Å²) >= 11 is 1.18. The molecule has 0 saturated heterocycles. The molecule has 0 atom stereocenters. The van der Waals surface area contributed by atoms with Gasteiger partial charge in [0.25, 0.3) is 0 Å². The molecule has 0 saturated carbocycles. The topological polar surface area (TPSA) is 65.0 Å². The third kappa shape index (κ3) is 2.42. The van der Waals surface area contributed by atoms with Crippen LogP contribution in [-0.2, 0) is 0 Å². The zero-order chi connectivity index (χ0) is 14.7. The third-order valence-corrected chi connectivity index (χ3v) is 3.89. The number of rotatable bonds is 5. The van der Waals surface area contributed by atoms with E-state index in [1.807, 2.05) is 6.07 Å². The summed E-state index contributed by atoms with van der Waals surface area (Å²) in [4.78, 5) is 12.0. The summed E-state index contributed by atoms with van der Waals surface area (Å²) in [7, 11) is 4.61. The van der Waals surface area contributed by atoms with Crippen LogP contribution in [0.15, 0.2) is 24.3 Å². The van der Waals surface area contributed by atoms with Crippen LogP contribution in [0.5, 0.6) is 17.2 Å². The minimum atomic E-state index is -0.944. The molecule has 1 aromatic heterocycles. The number of hydrogen-bond donors (Lipinski definition) is 1. The number of carboxylic acids is 1. The Kier molecular flexibility index (Phi) is 4.14. The summed E-state index contributed by atoms with van der Waals surface area (Å²) < 4.78 is 15.9. The van der Waals surface area contributed by atoms with E-state index in [4.69, 9.17) is 19.3 Å². The van der Waals surface area contributed by atoms with Gasteiger partial charge in [-0.1, -0.05) is 0 Å². The van der Waals surface area contributed by atoms with Crippen LogP contribution in [0.1, 0.15) is 9.67 Å². The summed E-state index contributed by atoms with van der Waals surface area (Å²) in [5.74, 6) is 0.618. The van der Waals surface area contributed by atoms with Gasteiger partial charge in [-0.2, -0.15) is 0 Å². The second kappa shape index (κ2) is 5.83. The number of methoxy groups -OCH3 is 3. The highest BCUT2D eigenvalue weighted by Gasteiger charge is 2.19. The maximum absolute atomic E-state index is 11.0. The van der Waals surface area contributed by atoms with Gasteiger partial charge in [0.2, 0.25) is 5.75 Å². The van der Waals surface area contributed by atoms with Gasteiger partial charge in [0.15, 0.2) is 11.5 Å². The van der Waals surface area contributed by atoms with E-state index in [1.54, 1.807) is 25.3 Å². The lowest BCUT2D eigenvalue weighted by molar-refractivity contribution is 0.0702. The molecule has 1 heterocycles. The van der Waals surface area contributed by atoms with Crippen molar-refractivity contribution in [2.75, 3.05) is 21.3 Å². The molecule has 0 bridgehead atoms. The molecule has 0 aliphatic heterocycles. The van der Waals surface area contributed by atoms with E-state index >= 15 is 0 Å². The van der Waals surface area contributed by atoms with Crippen molar-refractivity contribution >= 4 is 17.3 Å². The zero-order valence-corrected chi connectivity index (χ0v) is 12.1. The maximum Gasteiger partial charge on any atom is 0.345 e. The molecule has 0 radical (unpaired) electrons. The van der Waals surface area contributed by atoms with Gasteiger partial charge in [-0.25, -0.2) is 4.79 Å². The Morgan fingerprint density at radius 3 is 2.20 bits per heavy atom. The monoisotopic (exact) mass is 294 g/mol. The van der Waals surface area contributed by atoms with Crippen molar-refractivity contribution in [2.45, 2.75) is 0 Å². The van der Waals surface area contributed by atoms with Gasteiger partial charge >= 0.3 is 5.97 Å². The highest BCUT2D eigenvalue weighted by Crippen LogP contribution is 2.45. The summed E-state index contributed by atoms with van der Waals surface area (Å²) in [5.41, 5.74) is 0.766. The van der Waals surface area contributed by atoms with E-state index in [1.165, 1.54) is 25.6 Å². The second-order valence-corrected chi connectivity index (χ2v) is 4.93. The minimum absolute atomic E-state index is 0.275. The van der Waals surface area contributed by atoms with E-state index in [0.717, 1.165) is 10.4 Å². The average Bonchev–Trinajstić information content (AvgIpc) is 2.95. The minimum Gasteiger partial charge on any atom is -0.493 e. The lowest BCUT2D eigenvalue weighted by Gasteiger charge is -2.14. The first-order valence-electron chi connectivity index (χ1n) is 5.74. The molecular weight excluding hydrogens is 280 g/mol. The lowest BCUT2D eigenvalue weighted by atomic mass is 10.1. The average molecular weight is 294 g/mol. The van der Waals surface area contributed by atoms with Crippen molar-refractivity contribution in [1.29, 1.82) is 0 Å². The van der Waals surface area contributed by atoms with Crippen LogP contribution in [0, 0.1) is 0 Å². The number of carboxylic acid groups (broad SMARTS) is 1. The van der Waals surface area contributed by atoms with Crippen molar-refractivity contribution in [3.05, 3.63) is 29.1 Å². The van der Waals surface area contributed by atoms with E-state index in [0.29, 0.717) is 17.2 Å². The van der Waals surface area contributed by atoms with Crippen LogP contribution < -0.4 is 14.2 Å². The fraction of sp³-hybridized carbons (Fsp3) is 0.214. The number of ether oxygens (including phenoxy) is 3. The van der Waals surface area contributed by atoms with E-state index < -0.39 is 5.97 Å². The van der Waals surface area contributed by atoms with Gasteiger partial charge < -0.3 is 19.3 Å². The van der Waals surface area contributed by atoms with Crippen LogP contribution in [-0.4, -0.2) is 32.4 Å². The molecule has 106 valence electrons. The Morgan fingerprint density at radius 2 is 1.70 bits per heavy atom. The molecule has 20 heavy (non-hydrogen) atoms. The first-order chi connectivity index (χ1) is 9.62. The van der Waals surface area contributed by atoms with E-state index in [-0.39, 0.29) is 4.88 Å². The standard InChI is InChI=1S/C14H14O5S/c1-17-9-5-4-8(12(18-2)13(9)19-3)10-6-7-11(20-10)14(15)16/h4-7H,1-3H3,(H,15,16). The first-order valence-corrected chi connectivity index (χ1v) is 6.56. The highest BCUT2D eigenvalue weighted by atomic mass is 32.1. The van der Waals surface area contributed by atoms with Crippen molar-refractivity contribution in [2.24, 2.45) is 0 Å². The number of thiophene rings is 1. The van der Waals surface area contributed by atoms with Gasteiger partial charge in [-0.05, 0) is 24.3 Å². The van der Waals surface area contributed by atoms with E-state index in [2.05, 4.69) is 0 Å². The van der Waals surface area contributed by atoms with Crippen LogP contribution >= 0.6 is 11.3 Å². The van der Waals surface area contributed by atoms with Crippen molar-refractivity contribution in [3.8, 4) is 27.7 Å². The van der Waals surface area contributed by atoms with Gasteiger partial charge in [-0.3, -0.25) is 0 Å². The summed E-state index contributed by atoms with van der Waals surface area (Å²) in [6.07, 6.45) is 0. The molecule has 2 aromatic rings. The maximum atomic E-state index is 11.0. The SMILES string of the molecule is COc1ccc(-c2ccc(C(=O)O)s2)c(OC)c1OC. The number of carbonyl (C=O) groups is 1. The smallest absolute Gasteiger partial charge is 0.345 e. The Hall–Kier alpha value is -2.21. The molecule has 0 aliphatic carbocycles. The molecule has 0 fully saturated rings. The Morgan fingerprint density at radius 1 is 1.00 bits per heavy atom. The quantitative estimate of drug-likeness (QED) is 0.917. The summed E-state index contributed by atoms with van der Waals surface area (Å²) in [6.45, 7) is 0. The molecule has 0 amide bonds. The molecular formula is C14H14O5S. The summed E-state index contributed by atoms with van der Waals surface area (Å²) in [5, 5.41) is 8.99. The largest absolute Gasteiger partial charge is 0.493 e. The Bertz CT molecular complexity index is 632. The fourth-order valence-corrected chi connectivity index (χ4v) is 2.76. The number of aromatic carboxylic acids is 1. The van der Waals surface area contributed by atoms with Gasteiger partial charge in [0, 0.05) is 10.4 Å². The first kappa shape index (κ1) is 14.2. The molecule has 6 heteroatoms. The molecule has 2 rings (SSSR count). The van der Waals surface area contributed by atoms with E-state index in [9.17, 15) is 4.79 Å². The highest BCUT2D eigenvalue weighted by molar-refractivity contribution is 7.17. The predicted molar refractivity (Wildman–Crippen MR) is 76.4 cm³/mol. The normalized spacial score (nSPS) is 10.2. The van der Waals surface area contributed by atoms with Gasteiger partial charge in [0.05, 0.1) is 21.3 Å². The van der Waals surface area contributed by atoms with Crippen LogP contribution in [0.3, 0.4) is 0 Å².